The van der Waals surface area contributed by atoms with E-state index in [0.29, 0.717) is 0 Å². The molecule has 1 aromatic carbocycles. The predicted molar refractivity (Wildman–Crippen MR) is 64.9 cm³/mol. The van der Waals surface area contributed by atoms with Crippen molar-refractivity contribution in [2.75, 3.05) is 0 Å². The number of hydrogen-bond acceptors (Lipinski definition) is 3. The molecule has 0 aliphatic rings. The third kappa shape index (κ3) is 2.81. The number of hydrogen-bond donors (Lipinski definition) is 1. The minimum absolute atomic E-state index is 0.186. The number of rotatable bonds is 4. The standard InChI is InChI=1S/C11H12ClFO4S/c1-6(11(14)15)7(2)18(16,17)8-3-4-10(13)9(12)5-8/h3-7H,1-2H3,(H,14,15). The van der Waals surface area contributed by atoms with E-state index in [1.54, 1.807) is 0 Å². The van der Waals surface area contributed by atoms with Crippen LogP contribution < -0.4 is 0 Å². The second-order valence-corrected chi connectivity index (χ2v) is 6.67. The Morgan fingerprint density at radius 1 is 1.39 bits per heavy atom. The summed E-state index contributed by atoms with van der Waals surface area (Å²) >= 11 is 5.51. The Bertz CT molecular complexity index is 570. The first-order valence-corrected chi connectivity index (χ1v) is 7.02. The molecule has 0 aromatic heterocycles. The van der Waals surface area contributed by atoms with E-state index in [4.69, 9.17) is 16.7 Å². The molecule has 0 saturated heterocycles. The molecule has 0 aliphatic carbocycles. The van der Waals surface area contributed by atoms with Crippen molar-refractivity contribution in [3.8, 4) is 0 Å². The van der Waals surface area contributed by atoms with Crippen LogP contribution in [0.4, 0.5) is 4.39 Å². The van der Waals surface area contributed by atoms with Crippen molar-refractivity contribution in [3.63, 3.8) is 0 Å². The maximum Gasteiger partial charge on any atom is 0.307 e. The minimum Gasteiger partial charge on any atom is -0.481 e. The first-order valence-electron chi connectivity index (χ1n) is 5.09. The van der Waals surface area contributed by atoms with E-state index in [9.17, 15) is 17.6 Å². The molecule has 0 heterocycles. The van der Waals surface area contributed by atoms with Gasteiger partial charge in [-0.05, 0) is 25.1 Å². The zero-order chi connectivity index (χ0) is 14.1. The monoisotopic (exact) mass is 294 g/mol. The van der Waals surface area contributed by atoms with Gasteiger partial charge in [-0.3, -0.25) is 4.79 Å². The van der Waals surface area contributed by atoms with E-state index in [0.717, 1.165) is 18.2 Å². The fourth-order valence-electron chi connectivity index (χ4n) is 1.34. The normalized spacial score (nSPS) is 15.1. The highest BCUT2D eigenvalue weighted by atomic mass is 35.5. The van der Waals surface area contributed by atoms with Gasteiger partial charge in [0.05, 0.1) is 21.1 Å². The van der Waals surface area contributed by atoms with Gasteiger partial charge in [0.1, 0.15) is 5.82 Å². The van der Waals surface area contributed by atoms with E-state index >= 15 is 0 Å². The van der Waals surface area contributed by atoms with Gasteiger partial charge in [-0.25, -0.2) is 12.8 Å². The Morgan fingerprint density at radius 2 is 1.94 bits per heavy atom. The second kappa shape index (κ2) is 5.24. The highest BCUT2D eigenvalue weighted by molar-refractivity contribution is 7.92. The van der Waals surface area contributed by atoms with E-state index in [-0.39, 0.29) is 9.92 Å². The molecule has 18 heavy (non-hydrogen) atoms. The molecule has 100 valence electrons. The second-order valence-electron chi connectivity index (χ2n) is 3.95. The maximum atomic E-state index is 13.0. The van der Waals surface area contributed by atoms with Crippen molar-refractivity contribution in [1.82, 2.24) is 0 Å². The molecule has 0 amide bonds. The largest absolute Gasteiger partial charge is 0.481 e. The summed E-state index contributed by atoms with van der Waals surface area (Å²) in [5, 5.41) is 7.37. The molecular formula is C11H12ClFO4S. The van der Waals surface area contributed by atoms with Crippen LogP contribution in [0.15, 0.2) is 23.1 Å². The fourth-order valence-corrected chi connectivity index (χ4v) is 3.21. The van der Waals surface area contributed by atoms with Crippen molar-refractivity contribution in [2.45, 2.75) is 24.0 Å². The number of carbonyl (C=O) groups is 1. The summed E-state index contributed by atoms with van der Waals surface area (Å²) < 4.78 is 37.1. The predicted octanol–water partition coefficient (Wildman–Crippen LogP) is 2.36. The third-order valence-corrected chi connectivity index (χ3v) is 5.39. The van der Waals surface area contributed by atoms with Gasteiger partial charge in [-0.15, -0.1) is 0 Å². The summed E-state index contributed by atoms with van der Waals surface area (Å²) in [6, 6.07) is 2.99. The van der Waals surface area contributed by atoms with E-state index in [2.05, 4.69) is 0 Å². The van der Waals surface area contributed by atoms with Crippen LogP contribution in [-0.2, 0) is 14.6 Å². The molecule has 0 aliphatic heterocycles. The van der Waals surface area contributed by atoms with Gasteiger partial charge in [0, 0.05) is 0 Å². The van der Waals surface area contributed by atoms with Gasteiger partial charge in [0.2, 0.25) is 0 Å². The lowest BCUT2D eigenvalue weighted by Crippen LogP contribution is -2.30. The van der Waals surface area contributed by atoms with Gasteiger partial charge in [-0.1, -0.05) is 18.5 Å². The topological polar surface area (TPSA) is 71.4 Å². The smallest absolute Gasteiger partial charge is 0.307 e. The van der Waals surface area contributed by atoms with Gasteiger partial charge in [0.25, 0.3) is 0 Å². The number of sulfone groups is 1. The van der Waals surface area contributed by atoms with Crippen LogP contribution in [0.2, 0.25) is 5.02 Å². The molecule has 1 N–H and O–H groups in total. The average molecular weight is 295 g/mol. The summed E-state index contributed by atoms with van der Waals surface area (Å²) in [5.74, 6) is -3.01. The molecule has 7 heteroatoms. The number of aliphatic carboxylic acids is 1. The molecule has 0 fully saturated rings. The Labute approximate surface area is 109 Å². The Balaban J connectivity index is 3.21. The van der Waals surface area contributed by atoms with Gasteiger partial charge >= 0.3 is 5.97 Å². The molecule has 0 radical (unpaired) electrons. The van der Waals surface area contributed by atoms with Crippen LogP contribution in [0.25, 0.3) is 0 Å². The Hall–Kier alpha value is -1.14. The van der Waals surface area contributed by atoms with Crippen LogP contribution >= 0.6 is 11.6 Å². The number of benzene rings is 1. The summed E-state index contributed by atoms with van der Waals surface area (Å²) in [6.07, 6.45) is 0. The molecule has 0 spiro atoms. The SMILES string of the molecule is CC(C(=O)O)C(C)S(=O)(=O)c1ccc(F)c(Cl)c1. The quantitative estimate of drug-likeness (QED) is 0.865. The Morgan fingerprint density at radius 3 is 2.39 bits per heavy atom. The lowest BCUT2D eigenvalue weighted by atomic mass is 10.1. The first-order chi connectivity index (χ1) is 8.17. The molecular weight excluding hydrogens is 283 g/mol. The Kier molecular flexibility index (Phi) is 4.34. The molecule has 2 unspecified atom stereocenters. The maximum absolute atomic E-state index is 13.0. The van der Waals surface area contributed by atoms with Crippen LogP contribution in [-0.4, -0.2) is 24.7 Å². The third-order valence-electron chi connectivity index (χ3n) is 2.80. The van der Waals surface area contributed by atoms with Gasteiger partial charge < -0.3 is 5.11 Å². The van der Waals surface area contributed by atoms with Crippen LogP contribution in [0.5, 0.6) is 0 Å². The fraction of sp³-hybridized carbons (Fsp3) is 0.364. The van der Waals surface area contributed by atoms with E-state index in [1.807, 2.05) is 0 Å². The highest BCUT2D eigenvalue weighted by Gasteiger charge is 2.32. The highest BCUT2D eigenvalue weighted by Crippen LogP contribution is 2.25. The lowest BCUT2D eigenvalue weighted by Gasteiger charge is -2.16. The summed E-state index contributed by atoms with van der Waals surface area (Å²) in [7, 11) is -3.85. The molecule has 1 rings (SSSR count). The minimum atomic E-state index is -3.85. The van der Waals surface area contributed by atoms with Crippen molar-refractivity contribution in [2.24, 2.45) is 5.92 Å². The molecule has 2 atom stereocenters. The van der Waals surface area contributed by atoms with Gasteiger partial charge in [0.15, 0.2) is 9.84 Å². The lowest BCUT2D eigenvalue weighted by molar-refractivity contribution is -0.141. The van der Waals surface area contributed by atoms with Crippen molar-refractivity contribution >= 4 is 27.4 Å². The van der Waals surface area contributed by atoms with Crippen LogP contribution in [0.1, 0.15) is 13.8 Å². The average Bonchev–Trinajstić information content (AvgIpc) is 2.30. The molecule has 0 bridgehead atoms. The molecule has 0 saturated carbocycles. The van der Waals surface area contributed by atoms with Crippen LogP contribution in [0.3, 0.4) is 0 Å². The summed E-state index contributed by atoms with van der Waals surface area (Å²) in [4.78, 5) is 10.6. The van der Waals surface area contributed by atoms with E-state index in [1.165, 1.54) is 13.8 Å². The number of halogens is 2. The van der Waals surface area contributed by atoms with E-state index < -0.39 is 32.8 Å². The first kappa shape index (κ1) is 14.9. The van der Waals surface area contributed by atoms with Crippen molar-refractivity contribution in [3.05, 3.63) is 29.0 Å². The summed E-state index contributed by atoms with van der Waals surface area (Å²) in [6.45, 7) is 2.60. The van der Waals surface area contributed by atoms with Gasteiger partial charge in [-0.2, -0.15) is 0 Å². The zero-order valence-electron chi connectivity index (χ0n) is 9.72. The van der Waals surface area contributed by atoms with Crippen molar-refractivity contribution in [1.29, 1.82) is 0 Å². The molecule has 4 nitrogen and oxygen atoms in total. The summed E-state index contributed by atoms with van der Waals surface area (Å²) in [5.41, 5.74) is 0. The number of carboxylic acid groups (broad SMARTS) is 1. The van der Waals surface area contributed by atoms with Crippen molar-refractivity contribution < 1.29 is 22.7 Å². The molecule has 1 aromatic rings. The van der Waals surface area contributed by atoms with Crippen LogP contribution in [0, 0.1) is 11.7 Å². The number of carboxylic acids is 1. The zero-order valence-corrected chi connectivity index (χ0v) is 11.3.